The van der Waals surface area contributed by atoms with Crippen molar-refractivity contribution in [2.24, 2.45) is 0 Å². The van der Waals surface area contributed by atoms with Crippen molar-refractivity contribution in [1.82, 2.24) is 5.32 Å². The van der Waals surface area contributed by atoms with Crippen LogP contribution in [0.25, 0.3) is 0 Å². The second-order valence-corrected chi connectivity index (χ2v) is 5.14. The molecule has 2 rings (SSSR count). The number of hydrogen-bond donors (Lipinski definition) is 2. The molecule has 2 aromatic carbocycles. The summed E-state index contributed by atoms with van der Waals surface area (Å²) in [6.45, 7) is 1.62. The normalized spacial score (nSPS) is 11.2. The zero-order valence-corrected chi connectivity index (χ0v) is 12.9. The maximum Gasteiger partial charge on any atom is 0.419 e. The Labute approximate surface area is 136 Å². The van der Waals surface area contributed by atoms with Crippen molar-refractivity contribution in [2.45, 2.75) is 26.1 Å². The zero-order chi connectivity index (χ0) is 17.7. The zero-order valence-electron chi connectivity index (χ0n) is 12.9. The average Bonchev–Trinajstić information content (AvgIpc) is 2.53. The number of alkyl halides is 3. The highest BCUT2D eigenvalue weighted by Gasteiger charge is 2.34. The standard InChI is InChI=1S/C17H16F4N2O/c1-2-11-5-3-7-13(9-11)23-16(24)22-10-12-6-4-8-14(15(12)18)17(19,20)21/h3-9H,2,10H2,1H3,(H2,22,23,24). The van der Waals surface area contributed by atoms with Gasteiger partial charge in [-0.2, -0.15) is 13.2 Å². The summed E-state index contributed by atoms with van der Waals surface area (Å²) in [4.78, 5) is 11.8. The maximum absolute atomic E-state index is 13.9. The Morgan fingerprint density at radius 1 is 1.12 bits per heavy atom. The van der Waals surface area contributed by atoms with E-state index in [4.69, 9.17) is 0 Å². The van der Waals surface area contributed by atoms with Crippen LogP contribution >= 0.6 is 0 Å². The molecule has 2 amide bonds. The lowest BCUT2D eigenvalue weighted by atomic mass is 10.1. The summed E-state index contributed by atoms with van der Waals surface area (Å²) in [5.74, 6) is -1.38. The molecule has 0 atom stereocenters. The molecule has 2 aromatic rings. The second-order valence-electron chi connectivity index (χ2n) is 5.14. The van der Waals surface area contributed by atoms with Gasteiger partial charge in [0.05, 0.1) is 5.56 Å². The number of carbonyl (C=O) groups is 1. The molecule has 0 heterocycles. The minimum Gasteiger partial charge on any atom is -0.334 e. The maximum atomic E-state index is 13.9. The molecule has 2 N–H and O–H groups in total. The Kier molecular flexibility index (Phi) is 5.43. The first-order chi connectivity index (χ1) is 11.3. The number of anilines is 1. The Bertz CT molecular complexity index is 729. The fraction of sp³-hybridized carbons (Fsp3) is 0.235. The highest BCUT2D eigenvalue weighted by Crippen LogP contribution is 2.32. The molecule has 0 radical (unpaired) electrons. The van der Waals surface area contributed by atoms with E-state index >= 15 is 0 Å². The van der Waals surface area contributed by atoms with Gasteiger partial charge in [-0.05, 0) is 30.2 Å². The topological polar surface area (TPSA) is 41.1 Å². The van der Waals surface area contributed by atoms with E-state index in [1.807, 2.05) is 13.0 Å². The van der Waals surface area contributed by atoms with E-state index in [9.17, 15) is 22.4 Å². The number of nitrogens with one attached hydrogen (secondary N) is 2. The summed E-state index contributed by atoms with van der Waals surface area (Å²) < 4.78 is 51.8. The van der Waals surface area contributed by atoms with Gasteiger partial charge in [0.25, 0.3) is 0 Å². The van der Waals surface area contributed by atoms with Gasteiger partial charge in [0.2, 0.25) is 0 Å². The van der Waals surface area contributed by atoms with Crippen LogP contribution in [0.15, 0.2) is 42.5 Å². The number of amides is 2. The molecule has 0 fully saturated rings. The van der Waals surface area contributed by atoms with Crippen LogP contribution in [0.5, 0.6) is 0 Å². The van der Waals surface area contributed by atoms with Gasteiger partial charge in [-0.15, -0.1) is 0 Å². The van der Waals surface area contributed by atoms with Gasteiger partial charge in [-0.1, -0.05) is 31.2 Å². The molecule has 0 aliphatic rings. The minimum atomic E-state index is -4.77. The average molecular weight is 340 g/mol. The van der Waals surface area contributed by atoms with E-state index < -0.39 is 23.6 Å². The Morgan fingerprint density at radius 2 is 1.83 bits per heavy atom. The molecular formula is C17H16F4N2O. The van der Waals surface area contributed by atoms with Gasteiger partial charge in [0.1, 0.15) is 5.82 Å². The third-order valence-corrected chi connectivity index (χ3v) is 3.42. The van der Waals surface area contributed by atoms with Gasteiger partial charge >= 0.3 is 12.2 Å². The van der Waals surface area contributed by atoms with Crippen LogP contribution in [0.1, 0.15) is 23.6 Å². The van der Waals surface area contributed by atoms with Crippen molar-refractivity contribution >= 4 is 11.7 Å². The highest BCUT2D eigenvalue weighted by atomic mass is 19.4. The van der Waals surface area contributed by atoms with E-state index in [1.54, 1.807) is 18.2 Å². The smallest absolute Gasteiger partial charge is 0.334 e. The van der Waals surface area contributed by atoms with Crippen molar-refractivity contribution in [2.75, 3.05) is 5.32 Å². The predicted molar refractivity (Wildman–Crippen MR) is 83.1 cm³/mol. The van der Waals surface area contributed by atoms with Crippen LogP contribution in [-0.4, -0.2) is 6.03 Å². The second kappa shape index (κ2) is 7.33. The summed E-state index contributed by atoms with van der Waals surface area (Å²) in [5, 5.41) is 4.90. The predicted octanol–water partition coefficient (Wildman–Crippen LogP) is 4.73. The van der Waals surface area contributed by atoms with Crippen LogP contribution in [0.4, 0.5) is 28.0 Å². The summed E-state index contributed by atoms with van der Waals surface area (Å²) in [6.07, 6.45) is -3.98. The summed E-state index contributed by atoms with van der Waals surface area (Å²) in [7, 11) is 0. The van der Waals surface area contributed by atoms with Crippen LogP contribution in [0, 0.1) is 5.82 Å². The van der Waals surface area contributed by atoms with Crippen molar-refractivity contribution in [1.29, 1.82) is 0 Å². The number of rotatable bonds is 4. The molecule has 0 aromatic heterocycles. The Balaban J connectivity index is 2.02. The first-order valence-corrected chi connectivity index (χ1v) is 7.29. The van der Waals surface area contributed by atoms with Crippen molar-refractivity contribution < 1.29 is 22.4 Å². The number of hydrogen-bond acceptors (Lipinski definition) is 1. The molecule has 0 saturated carbocycles. The van der Waals surface area contributed by atoms with Gasteiger partial charge in [-0.25, -0.2) is 9.18 Å². The van der Waals surface area contributed by atoms with E-state index in [2.05, 4.69) is 10.6 Å². The molecule has 0 aliphatic heterocycles. The summed E-state index contributed by atoms with van der Waals surface area (Å²) in [6, 6.07) is 9.49. The van der Waals surface area contributed by atoms with Crippen LogP contribution in [-0.2, 0) is 19.1 Å². The van der Waals surface area contributed by atoms with Crippen molar-refractivity contribution in [3.05, 3.63) is 65.0 Å². The lowest BCUT2D eigenvalue weighted by Crippen LogP contribution is -2.28. The molecule has 24 heavy (non-hydrogen) atoms. The third kappa shape index (κ3) is 4.47. The monoisotopic (exact) mass is 340 g/mol. The van der Waals surface area contributed by atoms with Gasteiger partial charge < -0.3 is 10.6 Å². The summed E-state index contributed by atoms with van der Waals surface area (Å²) >= 11 is 0. The third-order valence-electron chi connectivity index (χ3n) is 3.42. The fourth-order valence-electron chi connectivity index (χ4n) is 2.16. The van der Waals surface area contributed by atoms with E-state index in [0.29, 0.717) is 11.8 Å². The number of halogens is 4. The van der Waals surface area contributed by atoms with E-state index in [0.717, 1.165) is 18.1 Å². The SMILES string of the molecule is CCc1cccc(NC(=O)NCc2cccc(C(F)(F)F)c2F)c1. The number of aryl methyl sites for hydroxylation is 1. The van der Waals surface area contributed by atoms with Gasteiger partial charge in [0.15, 0.2) is 0 Å². The molecular weight excluding hydrogens is 324 g/mol. The van der Waals surface area contributed by atoms with E-state index in [1.165, 1.54) is 6.07 Å². The van der Waals surface area contributed by atoms with Crippen molar-refractivity contribution in [3.8, 4) is 0 Å². The fourth-order valence-corrected chi connectivity index (χ4v) is 2.16. The molecule has 7 heteroatoms. The largest absolute Gasteiger partial charge is 0.419 e. The van der Waals surface area contributed by atoms with Gasteiger partial charge in [0, 0.05) is 17.8 Å². The van der Waals surface area contributed by atoms with E-state index in [-0.39, 0.29) is 12.1 Å². The molecule has 0 spiro atoms. The van der Waals surface area contributed by atoms with Crippen LogP contribution in [0.2, 0.25) is 0 Å². The highest BCUT2D eigenvalue weighted by molar-refractivity contribution is 5.89. The summed E-state index contributed by atoms with van der Waals surface area (Å²) in [5.41, 5.74) is -0.00627. The molecule has 128 valence electrons. The Hall–Kier alpha value is -2.57. The molecule has 0 unspecified atom stereocenters. The van der Waals surface area contributed by atoms with Crippen LogP contribution in [0.3, 0.4) is 0 Å². The minimum absolute atomic E-state index is 0.234. The number of urea groups is 1. The molecule has 0 saturated heterocycles. The lowest BCUT2D eigenvalue weighted by molar-refractivity contribution is -0.140. The lowest BCUT2D eigenvalue weighted by Gasteiger charge is -2.12. The molecule has 0 bridgehead atoms. The molecule has 0 aliphatic carbocycles. The quantitative estimate of drug-likeness (QED) is 0.776. The molecule has 3 nitrogen and oxygen atoms in total. The van der Waals surface area contributed by atoms with Gasteiger partial charge in [-0.3, -0.25) is 0 Å². The first-order valence-electron chi connectivity index (χ1n) is 7.29. The first kappa shape index (κ1) is 17.8. The van der Waals surface area contributed by atoms with Crippen molar-refractivity contribution in [3.63, 3.8) is 0 Å². The number of carbonyl (C=O) groups excluding carboxylic acids is 1. The van der Waals surface area contributed by atoms with Crippen LogP contribution < -0.4 is 10.6 Å². The Morgan fingerprint density at radius 3 is 2.50 bits per heavy atom. The number of benzene rings is 2.